The molecule has 1 aliphatic rings. The first-order valence-electron chi connectivity index (χ1n) is 10.6. The Morgan fingerprint density at radius 2 is 1.69 bits per heavy atom. The van der Waals surface area contributed by atoms with Gasteiger partial charge in [0.1, 0.15) is 0 Å². The van der Waals surface area contributed by atoms with Crippen LogP contribution in [-0.4, -0.2) is 27.8 Å². The van der Waals surface area contributed by atoms with Gasteiger partial charge in [0.15, 0.2) is 5.78 Å². The van der Waals surface area contributed by atoms with Gasteiger partial charge in [-0.3, -0.25) is 4.79 Å². The van der Waals surface area contributed by atoms with Gasteiger partial charge in [0.05, 0.1) is 29.7 Å². The van der Waals surface area contributed by atoms with Crippen LogP contribution in [0.4, 0.5) is 28.7 Å². The third kappa shape index (κ3) is 4.23. The zero-order chi connectivity index (χ0) is 25.6. The Labute approximate surface area is 222 Å². The summed E-state index contributed by atoms with van der Waals surface area (Å²) in [6.07, 6.45) is 0. The van der Waals surface area contributed by atoms with E-state index in [1.807, 2.05) is 24.3 Å². The van der Waals surface area contributed by atoms with Gasteiger partial charge in [0.2, 0.25) is 11.2 Å². The molecule has 8 nitrogen and oxygen atoms in total. The number of nitrogens with one attached hydrogen (secondary N) is 2. The van der Waals surface area contributed by atoms with Crippen molar-refractivity contribution in [2.24, 2.45) is 0 Å². The van der Waals surface area contributed by atoms with Gasteiger partial charge in [0, 0.05) is 26.6 Å². The molecule has 4 N–H and O–H groups in total. The molecular weight excluding hydrogens is 516 g/mol. The number of carbonyl (C=O) groups excluding carboxylic acids is 1. The SMILES string of the molecule is C=C1c2ccccc2C(=O)c2c(Nc3ccc(Nc4nc(Cl)nc(OC)n4)c(S)c3)cc(S)c(N)c21. The van der Waals surface area contributed by atoms with Crippen LogP contribution < -0.4 is 21.1 Å². The molecule has 1 heterocycles. The molecule has 0 unspecified atom stereocenters. The number of benzene rings is 3. The first-order valence-corrected chi connectivity index (χ1v) is 11.9. The summed E-state index contributed by atoms with van der Waals surface area (Å²) in [6.45, 7) is 4.22. The number of thiol groups is 2. The number of carbonyl (C=O) groups is 1. The topological polar surface area (TPSA) is 115 Å². The molecule has 0 bridgehead atoms. The molecule has 1 aliphatic carbocycles. The van der Waals surface area contributed by atoms with Gasteiger partial charge in [-0.05, 0) is 47.0 Å². The van der Waals surface area contributed by atoms with E-state index in [1.165, 1.54) is 7.11 Å². The van der Waals surface area contributed by atoms with Crippen molar-refractivity contribution in [3.63, 3.8) is 0 Å². The van der Waals surface area contributed by atoms with Gasteiger partial charge in [0.25, 0.3) is 0 Å². The fourth-order valence-electron chi connectivity index (χ4n) is 4.02. The van der Waals surface area contributed by atoms with Crippen molar-refractivity contribution in [2.75, 3.05) is 23.5 Å². The van der Waals surface area contributed by atoms with Crippen LogP contribution in [0.15, 0.2) is 64.9 Å². The van der Waals surface area contributed by atoms with Crippen molar-refractivity contribution in [1.29, 1.82) is 0 Å². The summed E-state index contributed by atoms with van der Waals surface area (Å²) >= 11 is 15.1. The minimum atomic E-state index is -0.138. The summed E-state index contributed by atoms with van der Waals surface area (Å²) in [5.41, 5.74) is 11.7. The lowest BCUT2D eigenvalue weighted by molar-refractivity contribution is 0.103. The first kappa shape index (κ1) is 24.0. The summed E-state index contributed by atoms with van der Waals surface area (Å²) < 4.78 is 5.03. The second kappa shape index (κ2) is 9.38. The third-order valence-electron chi connectivity index (χ3n) is 5.66. The number of aromatic nitrogens is 3. The fourth-order valence-corrected chi connectivity index (χ4v) is 4.68. The zero-order valence-corrected chi connectivity index (χ0v) is 21.4. The highest BCUT2D eigenvalue weighted by Gasteiger charge is 2.31. The number of methoxy groups -OCH3 is 1. The summed E-state index contributed by atoms with van der Waals surface area (Å²) in [6, 6.07) is 14.6. The molecule has 3 aromatic carbocycles. The second-order valence-electron chi connectivity index (χ2n) is 7.86. The lowest BCUT2D eigenvalue weighted by atomic mass is 9.80. The molecule has 0 spiro atoms. The van der Waals surface area contributed by atoms with Crippen LogP contribution >= 0.6 is 36.9 Å². The molecule has 0 fully saturated rings. The van der Waals surface area contributed by atoms with Crippen LogP contribution in [-0.2, 0) is 0 Å². The minimum Gasteiger partial charge on any atom is -0.467 e. The first-order chi connectivity index (χ1) is 17.3. The summed E-state index contributed by atoms with van der Waals surface area (Å²) in [4.78, 5) is 26.7. The van der Waals surface area contributed by atoms with Crippen LogP contribution in [0.2, 0.25) is 5.28 Å². The van der Waals surface area contributed by atoms with Gasteiger partial charge in [-0.2, -0.15) is 15.0 Å². The highest BCUT2D eigenvalue weighted by molar-refractivity contribution is 7.80. The third-order valence-corrected chi connectivity index (χ3v) is 6.57. The van der Waals surface area contributed by atoms with Crippen LogP contribution in [0.25, 0.3) is 5.57 Å². The maximum Gasteiger partial charge on any atom is 0.322 e. The Hall–Kier alpha value is -3.73. The van der Waals surface area contributed by atoms with E-state index in [4.69, 9.17) is 22.1 Å². The van der Waals surface area contributed by atoms with Crippen LogP contribution in [0.3, 0.4) is 0 Å². The zero-order valence-electron chi connectivity index (χ0n) is 18.8. The number of fused-ring (bicyclic) bond motifs is 2. The number of hydrogen-bond acceptors (Lipinski definition) is 10. The van der Waals surface area contributed by atoms with Gasteiger partial charge >= 0.3 is 6.01 Å². The van der Waals surface area contributed by atoms with E-state index >= 15 is 0 Å². The lowest BCUT2D eigenvalue weighted by Crippen LogP contribution is -2.18. The molecule has 0 saturated carbocycles. The number of ketones is 1. The summed E-state index contributed by atoms with van der Waals surface area (Å²) in [5, 5.41) is 6.35. The average Bonchev–Trinajstić information content (AvgIpc) is 2.86. The number of nitrogens with two attached hydrogens (primary N) is 1. The molecule has 5 rings (SSSR count). The number of nitrogens with zero attached hydrogens (tertiary/aromatic N) is 3. The van der Waals surface area contributed by atoms with E-state index in [1.54, 1.807) is 24.3 Å². The van der Waals surface area contributed by atoms with Gasteiger partial charge in [-0.25, -0.2) is 0 Å². The fraction of sp³-hybridized carbons (Fsp3) is 0.0400. The van der Waals surface area contributed by atoms with E-state index < -0.39 is 0 Å². The predicted octanol–water partition coefficient (Wildman–Crippen LogP) is 5.79. The Morgan fingerprint density at radius 1 is 0.944 bits per heavy atom. The minimum absolute atomic E-state index is 0.00753. The molecule has 0 atom stereocenters. The number of nitrogen functional groups attached to an aromatic ring is 1. The number of ether oxygens (including phenoxy) is 1. The van der Waals surface area contributed by atoms with Crippen LogP contribution in [0.5, 0.6) is 6.01 Å². The average molecular weight is 535 g/mol. The van der Waals surface area contributed by atoms with Crippen molar-refractivity contribution in [1.82, 2.24) is 15.0 Å². The predicted molar refractivity (Wildman–Crippen MR) is 148 cm³/mol. The summed E-state index contributed by atoms with van der Waals surface area (Å²) in [5.74, 6) is 0.0681. The highest BCUT2D eigenvalue weighted by Crippen LogP contribution is 2.44. The molecule has 0 radical (unpaired) electrons. The molecular formula is C25H19ClN6O2S2. The number of halogens is 1. The van der Waals surface area contributed by atoms with Crippen molar-refractivity contribution < 1.29 is 9.53 Å². The second-order valence-corrected chi connectivity index (χ2v) is 9.16. The molecule has 11 heteroatoms. The van der Waals surface area contributed by atoms with E-state index in [-0.39, 0.29) is 23.0 Å². The maximum absolute atomic E-state index is 13.5. The Morgan fingerprint density at radius 3 is 2.42 bits per heavy atom. The maximum atomic E-state index is 13.5. The molecule has 180 valence electrons. The molecule has 0 amide bonds. The Kier molecular flexibility index (Phi) is 6.25. The molecule has 0 aliphatic heterocycles. The Bertz CT molecular complexity index is 1580. The molecule has 0 saturated heterocycles. The largest absolute Gasteiger partial charge is 0.467 e. The Balaban J connectivity index is 1.50. The van der Waals surface area contributed by atoms with Gasteiger partial charge in [-0.15, -0.1) is 25.3 Å². The van der Waals surface area contributed by atoms with E-state index in [0.29, 0.717) is 54.8 Å². The monoisotopic (exact) mass is 534 g/mol. The molecule has 36 heavy (non-hydrogen) atoms. The van der Waals surface area contributed by atoms with E-state index in [2.05, 4.69) is 57.4 Å². The van der Waals surface area contributed by atoms with E-state index in [0.717, 1.165) is 5.56 Å². The van der Waals surface area contributed by atoms with Crippen LogP contribution in [0, 0.1) is 0 Å². The molecule has 4 aromatic rings. The quantitative estimate of drug-likeness (QED) is 0.142. The standard InChI is InChI=1S/C25H19ClN6O2S2/c1-11-13-5-3-4-6-14(13)22(33)20-16(10-18(36)21(27)19(11)20)28-12-7-8-15(17(35)9-12)29-24-30-23(26)31-25(32-24)34-2/h3-10,28,35-36H,1,27H2,2H3,(H,29,30,31,32). The van der Waals surface area contributed by atoms with E-state index in [9.17, 15) is 4.79 Å². The van der Waals surface area contributed by atoms with Crippen molar-refractivity contribution in [3.05, 3.63) is 82.6 Å². The smallest absolute Gasteiger partial charge is 0.322 e. The van der Waals surface area contributed by atoms with Gasteiger partial charge in [-0.1, -0.05) is 30.8 Å². The molecule has 1 aromatic heterocycles. The normalized spacial score (nSPS) is 12.1. The lowest BCUT2D eigenvalue weighted by Gasteiger charge is -2.26. The number of hydrogen-bond donors (Lipinski definition) is 5. The number of anilines is 5. The van der Waals surface area contributed by atoms with Crippen molar-refractivity contribution in [3.8, 4) is 6.01 Å². The van der Waals surface area contributed by atoms with Gasteiger partial charge < -0.3 is 21.1 Å². The van der Waals surface area contributed by atoms with Crippen LogP contribution in [0.1, 0.15) is 27.0 Å². The highest BCUT2D eigenvalue weighted by atomic mass is 35.5. The summed E-state index contributed by atoms with van der Waals surface area (Å²) in [7, 11) is 1.44. The van der Waals surface area contributed by atoms with Crippen molar-refractivity contribution >= 4 is 76.9 Å². The van der Waals surface area contributed by atoms with Crippen molar-refractivity contribution in [2.45, 2.75) is 9.79 Å². The number of rotatable bonds is 5.